The highest BCUT2D eigenvalue weighted by Crippen LogP contribution is 2.28. The summed E-state index contributed by atoms with van der Waals surface area (Å²) >= 11 is 3.24. The molecule has 0 aromatic carbocycles. The van der Waals surface area contributed by atoms with Gasteiger partial charge in [-0.3, -0.25) is 9.59 Å². The Morgan fingerprint density at radius 1 is 1.29 bits per heavy atom. The van der Waals surface area contributed by atoms with Crippen LogP contribution in [0.2, 0.25) is 0 Å². The van der Waals surface area contributed by atoms with Crippen LogP contribution in [0.1, 0.15) is 51.1 Å². The molecule has 152 valence electrons. The minimum atomic E-state index is -0.0824. The Morgan fingerprint density at radius 2 is 2.18 bits per heavy atom. The molecule has 7 heteroatoms. The SMILES string of the molecule is CCCCCCNC(=O)C1CCCN(C(=O)Cc2csc(-c3cccs3)n2)C1. The minimum absolute atomic E-state index is 0.0727. The fraction of sp³-hybridized carbons (Fsp3) is 0.571. The molecule has 0 saturated carbocycles. The summed E-state index contributed by atoms with van der Waals surface area (Å²) < 4.78 is 0. The van der Waals surface area contributed by atoms with Gasteiger partial charge in [-0.05, 0) is 30.7 Å². The Kier molecular flexibility index (Phi) is 8.03. The van der Waals surface area contributed by atoms with Crippen molar-refractivity contribution < 1.29 is 9.59 Å². The number of thiazole rings is 1. The summed E-state index contributed by atoms with van der Waals surface area (Å²) in [5, 5.41) is 8.02. The first-order chi connectivity index (χ1) is 13.7. The Labute approximate surface area is 175 Å². The summed E-state index contributed by atoms with van der Waals surface area (Å²) in [4.78, 5) is 32.7. The fourth-order valence-corrected chi connectivity index (χ4v) is 5.13. The predicted molar refractivity (Wildman–Crippen MR) is 116 cm³/mol. The third-order valence-corrected chi connectivity index (χ3v) is 7.02. The molecule has 1 N–H and O–H groups in total. The molecule has 0 radical (unpaired) electrons. The van der Waals surface area contributed by atoms with Crippen LogP contribution in [-0.2, 0) is 16.0 Å². The molecule has 2 amide bonds. The van der Waals surface area contributed by atoms with Gasteiger partial charge in [-0.15, -0.1) is 22.7 Å². The first kappa shape index (κ1) is 21.0. The maximum atomic E-state index is 12.7. The second-order valence-electron chi connectivity index (χ2n) is 7.33. The zero-order chi connectivity index (χ0) is 19.8. The first-order valence-corrected chi connectivity index (χ1v) is 12.0. The van der Waals surface area contributed by atoms with E-state index in [1.54, 1.807) is 22.7 Å². The van der Waals surface area contributed by atoms with Gasteiger partial charge in [-0.2, -0.15) is 0 Å². The lowest BCUT2D eigenvalue weighted by atomic mass is 9.96. The van der Waals surface area contributed by atoms with E-state index in [1.165, 1.54) is 12.8 Å². The van der Waals surface area contributed by atoms with Crippen LogP contribution in [0.25, 0.3) is 9.88 Å². The molecule has 1 aliphatic rings. The van der Waals surface area contributed by atoms with Crippen LogP contribution in [0.5, 0.6) is 0 Å². The van der Waals surface area contributed by atoms with Crippen LogP contribution in [0.15, 0.2) is 22.9 Å². The van der Waals surface area contributed by atoms with Crippen LogP contribution < -0.4 is 5.32 Å². The Balaban J connectivity index is 1.47. The van der Waals surface area contributed by atoms with Crippen molar-refractivity contribution in [3.63, 3.8) is 0 Å². The van der Waals surface area contributed by atoms with Gasteiger partial charge in [0.2, 0.25) is 11.8 Å². The number of carbonyl (C=O) groups is 2. The molecule has 3 heterocycles. The van der Waals surface area contributed by atoms with E-state index in [1.807, 2.05) is 27.8 Å². The van der Waals surface area contributed by atoms with E-state index in [4.69, 9.17) is 0 Å². The molecule has 3 rings (SSSR count). The molecular formula is C21H29N3O2S2. The number of nitrogens with one attached hydrogen (secondary N) is 1. The number of likely N-dealkylation sites (tertiary alicyclic amines) is 1. The highest BCUT2D eigenvalue weighted by atomic mass is 32.1. The number of unbranched alkanes of at least 4 members (excludes halogenated alkanes) is 3. The van der Waals surface area contributed by atoms with Crippen molar-refractivity contribution in [1.29, 1.82) is 0 Å². The molecule has 1 atom stereocenters. The number of carbonyl (C=O) groups excluding carboxylic acids is 2. The van der Waals surface area contributed by atoms with Crippen LogP contribution in [0.4, 0.5) is 0 Å². The van der Waals surface area contributed by atoms with E-state index < -0.39 is 0 Å². The number of amides is 2. The molecule has 28 heavy (non-hydrogen) atoms. The molecule has 2 aromatic heterocycles. The van der Waals surface area contributed by atoms with E-state index in [9.17, 15) is 9.59 Å². The quantitative estimate of drug-likeness (QED) is 0.615. The highest BCUT2D eigenvalue weighted by Gasteiger charge is 2.28. The maximum absolute atomic E-state index is 12.7. The second-order valence-corrected chi connectivity index (χ2v) is 9.13. The number of aromatic nitrogens is 1. The van der Waals surface area contributed by atoms with E-state index >= 15 is 0 Å². The molecule has 0 aliphatic carbocycles. The third-order valence-electron chi connectivity index (χ3n) is 5.09. The van der Waals surface area contributed by atoms with Gasteiger partial charge < -0.3 is 10.2 Å². The molecule has 1 unspecified atom stereocenters. The van der Waals surface area contributed by atoms with Crippen molar-refractivity contribution in [2.24, 2.45) is 5.92 Å². The smallest absolute Gasteiger partial charge is 0.228 e. The molecule has 2 aromatic rings. The van der Waals surface area contributed by atoms with Crippen molar-refractivity contribution in [1.82, 2.24) is 15.2 Å². The van der Waals surface area contributed by atoms with Crippen molar-refractivity contribution in [2.75, 3.05) is 19.6 Å². The lowest BCUT2D eigenvalue weighted by Crippen LogP contribution is -2.46. The molecule has 0 spiro atoms. The number of piperidine rings is 1. The third kappa shape index (κ3) is 5.88. The molecular weight excluding hydrogens is 390 g/mol. The van der Waals surface area contributed by atoms with E-state index in [-0.39, 0.29) is 17.7 Å². The number of nitrogens with zero attached hydrogens (tertiary/aromatic N) is 2. The van der Waals surface area contributed by atoms with Crippen LogP contribution in [0.3, 0.4) is 0 Å². The van der Waals surface area contributed by atoms with Gasteiger partial charge in [0.05, 0.1) is 22.9 Å². The van der Waals surface area contributed by atoms with Crippen molar-refractivity contribution in [3.05, 3.63) is 28.6 Å². The van der Waals surface area contributed by atoms with Crippen molar-refractivity contribution in [3.8, 4) is 9.88 Å². The minimum Gasteiger partial charge on any atom is -0.356 e. The van der Waals surface area contributed by atoms with Crippen molar-refractivity contribution >= 4 is 34.5 Å². The molecule has 1 fully saturated rings. The molecule has 1 aliphatic heterocycles. The second kappa shape index (κ2) is 10.7. The highest BCUT2D eigenvalue weighted by molar-refractivity contribution is 7.20. The van der Waals surface area contributed by atoms with E-state index in [0.717, 1.165) is 54.4 Å². The number of rotatable bonds is 9. The summed E-state index contributed by atoms with van der Waals surface area (Å²) in [5.74, 6) is 0.0899. The van der Waals surface area contributed by atoms with Crippen LogP contribution in [0, 0.1) is 5.92 Å². The van der Waals surface area contributed by atoms with Crippen molar-refractivity contribution in [2.45, 2.75) is 51.9 Å². The largest absolute Gasteiger partial charge is 0.356 e. The van der Waals surface area contributed by atoms with E-state index in [2.05, 4.69) is 17.2 Å². The first-order valence-electron chi connectivity index (χ1n) is 10.2. The number of hydrogen-bond acceptors (Lipinski definition) is 5. The summed E-state index contributed by atoms with van der Waals surface area (Å²) in [6, 6.07) is 4.06. The van der Waals surface area contributed by atoms with Gasteiger partial charge in [0.15, 0.2) is 0 Å². The van der Waals surface area contributed by atoms with Gasteiger partial charge in [-0.25, -0.2) is 4.98 Å². The van der Waals surface area contributed by atoms with E-state index in [0.29, 0.717) is 13.0 Å². The topological polar surface area (TPSA) is 62.3 Å². The Morgan fingerprint density at radius 3 is 2.96 bits per heavy atom. The summed E-state index contributed by atoms with van der Waals surface area (Å²) in [7, 11) is 0. The Hall–Kier alpha value is -1.73. The average Bonchev–Trinajstić information content (AvgIpc) is 3.39. The predicted octanol–water partition coefficient (Wildman–Crippen LogP) is 4.35. The standard InChI is InChI=1S/C21H29N3O2S2/c1-2-3-4-5-10-22-20(26)16-8-6-11-24(14-16)19(25)13-17-15-28-21(23-17)18-9-7-12-27-18/h7,9,12,15-16H,2-6,8,10-11,13-14H2,1H3,(H,22,26). The van der Waals surface area contributed by atoms with Gasteiger partial charge in [-0.1, -0.05) is 32.3 Å². The maximum Gasteiger partial charge on any atom is 0.228 e. The van der Waals surface area contributed by atoms with Gasteiger partial charge in [0.1, 0.15) is 5.01 Å². The molecule has 5 nitrogen and oxygen atoms in total. The lowest BCUT2D eigenvalue weighted by Gasteiger charge is -2.32. The van der Waals surface area contributed by atoms with Gasteiger partial charge in [0.25, 0.3) is 0 Å². The number of hydrogen-bond donors (Lipinski definition) is 1. The zero-order valence-corrected chi connectivity index (χ0v) is 18.1. The normalized spacial score (nSPS) is 16.9. The lowest BCUT2D eigenvalue weighted by molar-refractivity contribution is -0.135. The fourth-order valence-electron chi connectivity index (χ4n) is 3.49. The molecule has 0 bridgehead atoms. The monoisotopic (exact) mass is 419 g/mol. The zero-order valence-electron chi connectivity index (χ0n) is 16.5. The Bertz CT molecular complexity index is 758. The number of thiophene rings is 1. The summed E-state index contributed by atoms with van der Waals surface area (Å²) in [6.45, 7) is 4.19. The average molecular weight is 420 g/mol. The molecule has 1 saturated heterocycles. The van der Waals surface area contributed by atoms with Gasteiger partial charge in [0, 0.05) is 25.0 Å². The van der Waals surface area contributed by atoms with Crippen LogP contribution >= 0.6 is 22.7 Å². The van der Waals surface area contributed by atoms with Crippen LogP contribution in [-0.4, -0.2) is 41.3 Å². The summed E-state index contributed by atoms with van der Waals surface area (Å²) in [5.41, 5.74) is 0.820. The summed E-state index contributed by atoms with van der Waals surface area (Å²) in [6.07, 6.45) is 6.67. The van der Waals surface area contributed by atoms with Gasteiger partial charge >= 0.3 is 0 Å².